The summed E-state index contributed by atoms with van der Waals surface area (Å²) in [4.78, 5) is 0. The topological polar surface area (TPSA) is 25.2 Å². The molecule has 2 unspecified atom stereocenters. The highest BCUT2D eigenvalue weighted by Gasteiger charge is 2.31. The van der Waals surface area contributed by atoms with E-state index in [1.54, 1.807) is 0 Å². The fourth-order valence-electron chi connectivity index (χ4n) is 2.16. The summed E-state index contributed by atoms with van der Waals surface area (Å²) >= 11 is 0. The largest absolute Gasteiger partial charge is 0.466 e. The summed E-state index contributed by atoms with van der Waals surface area (Å²) in [5, 5.41) is 3.32. The van der Waals surface area contributed by atoms with Crippen LogP contribution in [-0.2, 0) is 6.42 Å². The van der Waals surface area contributed by atoms with Gasteiger partial charge in [0.1, 0.15) is 11.5 Å². The molecule has 2 nitrogen and oxygen atoms in total. The van der Waals surface area contributed by atoms with Gasteiger partial charge in [0.25, 0.3) is 0 Å². The van der Waals surface area contributed by atoms with Crippen LogP contribution in [0.15, 0.2) is 10.5 Å². The van der Waals surface area contributed by atoms with Crippen LogP contribution in [0.5, 0.6) is 0 Å². The Morgan fingerprint density at radius 2 is 2.33 bits per heavy atom. The fourth-order valence-corrected chi connectivity index (χ4v) is 2.16. The number of furan rings is 1. The minimum atomic E-state index is 0.498. The van der Waals surface area contributed by atoms with Crippen molar-refractivity contribution in [3.05, 3.63) is 23.2 Å². The van der Waals surface area contributed by atoms with Gasteiger partial charge >= 0.3 is 0 Å². The highest BCUT2D eigenvalue weighted by Crippen LogP contribution is 2.37. The third kappa shape index (κ3) is 0.985. The Bertz CT molecular complexity index is 290. The average molecular weight is 165 g/mol. The first-order valence-electron chi connectivity index (χ1n) is 4.49. The molecule has 0 spiro atoms. The zero-order valence-corrected chi connectivity index (χ0v) is 7.85. The van der Waals surface area contributed by atoms with Gasteiger partial charge in [0.05, 0.1) is 0 Å². The van der Waals surface area contributed by atoms with Crippen molar-refractivity contribution in [2.45, 2.75) is 26.3 Å². The maximum Gasteiger partial charge on any atom is 0.109 e. The first kappa shape index (κ1) is 7.87. The highest BCUT2D eigenvalue weighted by atomic mass is 16.3. The van der Waals surface area contributed by atoms with Crippen LogP contribution in [0.2, 0.25) is 0 Å². The van der Waals surface area contributed by atoms with E-state index < -0.39 is 0 Å². The monoisotopic (exact) mass is 165 g/mol. The van der Waals surface area contributed by atoms with Crippen LogP contribution in [-0.4, -0.2) is 7.05 Å². The van der Waals surface area contributed by atoms with E-state index in [1.807, 2.05) is 14.0 Å². The van der Waals surface area contributed by atoms with Crippen LogP contribution < -0.4 is 5.32 Å². The summed E-state index contributed by atoms with van der Waals surface area (Å²) in [6, 6.07) is 2.65. The van der Waals surface area contributed by atoms with Gasteiger partial charge in [-0.05, 0) is 26.0 Å². The highest BCUT2D eigenvalue weighted by molar-refractivity contribution is 5.30. The Hall–Kier alpha value is -0.760. The molecule has 2 atom stereocenters. The number of fused-ring (bicyclic) bond motifs is 1. The van der Waals surface area contributed by atoms with Crippen molar-refractivity contribution < 1.29 is 4.42 Å². The molecule has 0 bridgehead atoms. The van der Waals surface area contributed by atoms with E-state index in [0.29, 0.717) is 12.0 Å². The van der Waals surface area contributed by atoms with E-state index in [2.05, 4.69) is 18.3 Å². The van der Waals surface area contributed by atoms with Crippen LogP contribution in [0, 0.1) is 12.8 Å². The summed E-state index contributed by atoms with van der Waals surface area (Å²) in [5.74, 6) is 2.89. The third-order valence-corrected chi connectivity index (χ3v) is 2.69. The summed E-state index contributed by atoms with van der Waals surface area (Å²) in [6.07, 6.45) is 1.08. The molecule has 0 aliphatic heterocycles. The Kier molecular flexibility index (Phi) is 1.72. The van der Waals surface area contributed by atoms with Crippen LogP contribution in [0.4, 0.5) is 0 Å². The number of hydrogen-bond acceptors (Lipinski definition) is 2. The van der Waals surface area contributed by atoms with Crippen LogP contribution in [0.25, 0.3) is 0 Å². The minimum absolute atomic E-state index is 0.498. The smallest absolute Gasteiger partial charge is 0.109 e. The van der Waals surface area contributed by atoms with Gasteiger partial charge in [0, 0.05) is 18.0 Å². The number of aryl methyl sites for hydroxylation is 1. The van der Waals surface area contributed by atoms with E-state index in [-0.39, 0.29) is 0 Å². The lowest BCUT2D eigenvalue weighted by Crippen LogP contribution is -2.19. The molecule has 1 aromatic rings. The lowest BCUT2D eigenvalue weighted by molar-refractivity contribution is 0.419. The second-order valence-electron chi connectivity index (χ2n) is 3.68. The fraction of sp³-hybridized carbons (Fsp3) is 0.600. The Morgan fingerprint density at radius 3 is 3.00 bits per heavy atom. The van der Waals surface area contributed by atoms with Crippen molar-refractivity contribution in [2.24, 2.45) is 5.92 Å². The normalized spacial score (nSPS) is 27.6. The molecule has 0 aromatic carbocycles. The van der Waals surface area contributed by atoms with Crippen molar-refractivity contribution in [3.63, 3.8) is 0 Å². The number of nitrogens with one attached hydrogen (secondary N) is 1. The second kappa shape index (κ2) is 2.63. The molecule has 0 radical (unpaired) electrons. The van der Waals surface area contributed by atoms with Gasteiger partial charge in [-0.1, -0.05) is 6.92 Å². The van der Waals surface area contributed by atoms with E-state index >= 15 is 0 Å². The minimum Gasteiger partial charge on any atom is -0.466 e. The molecule has 2 rings (SSSR count). The third-order valence-electron chi connectivity index (χ3n) is 2.69. The standard InChI is InChI=1S/C10H15NO/c1-6-4-9-8(10(6)11-3)5-7(2)12-9/h5-6,10-11H,4H2,1-3H3. The van der Waals surface area contributed by atoms with Crippen LogP contribution in [0.3, 0.4) is 0 Å². The van der Waals surface area contributed by atoms with E-state index in [4.69, 9.17) is 4.42 Å². The predicted octanol–water partition coefficient (Wildman–Crippen LogP) is 2.04. The van der Waals surface area contributed by atoms with Gasteiger partial charge in [-0.2, -0.15) is 0 Å². The molecule has 12 heavy (non-hydrogen) atoms. The molecule has 1 aromatic heterocycles. The second-order valence-corrected chi connectivity index (χ2v) is 3.68. The maximum absolute atomic E-state index is 5.59. The van der Waals surface area contributed by atoms with Crippen LogP contribution in [0.1, 0.15) is 30.0 Å². The lowest BCUT2D eigenvalue weighted by atomic mass is 10.0. The molecular weight excluding hydrogens is 150 g/mol. The summed E-state index contributed by atoms with van der Waals surface area (Å²) in [6.45, 7) is 4.27. The molecule has 0 saturated heterocycles. The van der Waals surface area contributed by atoms with Gasteiger partial charge in [-0.3, -0.25) is 0 Å². The lowest BCUT2D eigenvalue weighted by Gasteiger charge is -2.13. The number of hydrogen-bond donors (Lipinski definition) is 1. The molecule has 1 aliphatic carbocycles. The first-order chi connectivity index (χ1) is 5.72. The van der Waals surface area contributed by atoms with E-state index in [1.165, 1.54) is 11.3 Å². The van der Waals surface area contributed by atoms with Crippen molar-refractivity contribution in [1.29, 1.82) is 0 Å². The van der Waals surface area contributed by atoms with E-state index in [0.717, 1.165) is 12.2 Å². The summed E-state index contributed by atoms with van der Waals surface area (Å²) < 4.78 is 5.59. The SMILES string of the molecule is CNC1c2cc(C)oc2CC1C. The average Bonchev–Trinajstić information content (AvgIpc) is 2.43. The van der Waals surface area contributed by atoms with Crippen molar-refractivity contribution >= 4 is 0 Å². The molecular formula is C10H15NO. The molecule has 1 heterocycles. The summed E-state index contributed by atoms with van der Waals surface area (Å²) in [5.41, 5.74) is 1.36. The molecule has 2 heteroatoms. The molecule has 1 aliphatic rings. The zero-order valence-electron chi connectivity index (χ0n) is 7.85. The Morgan fingerprint density at radius 1 is 1.58 bits per heavy atom. The van der Waals surface area contributed by atoms with Crippen LogP contribution >= 0.6 is 0 Å². The first-order valence-corrected chi connectivity index (χ1v) is 4.49. The number of rotatable bonds is 1. The molecule has 0 fully saturated rings. The van der Waals surface area contributed by atoms with Gasteiger partial charge < -0.3 is 9.73 Å². The summed E-state index contributed by atoms with van der Waals surface area (Å²) in [7, 11) is 2.01. The predicted molar refractivity (Wildman–Crippen MR) is 48.1 cm³/mol. The molecule has 1 N–H and O–H groups in total. The van der Waals surface area contributed by atoms with Gasteiger partial charge in [0.2, 0.25) is 0 Å². The molecule has 0 amide bonds. The molecule has 66 valence electrons. The van der Waals surface area contributed by atoms with Crippen molar-refractivity contribution in [1.82, 2.24) is 5.32 Å². The maximum atomic E-state index is 5.59. The van der Waals surface area contributed by atoms with Gasteiger partial charge in [-0.25, -0.2) is 0 Å². The Labute approximate surface area is 73.0 Å². The quantitative estimate of drug-likeness (QED) is 0.689. The van der Waals surface area contributed by atoms with Gasteiger partial charge in [-0.15, -0.1) is 0 Å². The van der Waals surface area contributed by atoms with Gasteiger partial charge in [0.15, 0.2) is 0 Å². The molecule has 0 saturated carbocycles. The van der Waals surface area contributed by atoms with E-state index in [9.17, 15) is 0 Å². The Balaban J connectivity index is 2.38. The van der Waals surface area contributed by atoms with Crippen molar-refractivity contribution in [2.75, 3.05) is 7.05 Å². The van der Waals surface area contributed by atoms with Crippen molar-refractivity contribution in [3.8, 4) is 0 Å². The zero-order chi connectivity index (χ0) is 8.72.